The van der Waals surface area contributed by atoms with Crippen molar-refractivity contribution in [3.63, 3.8) is 0 Å². The van der Waals surface area contributed by atoms with Crippen molar-refractivity contribution in [1.29, 1.82) is 0 Å². The smallest absolute Gasteiger partial charge is 0.410 e. The topological polar surface area (TPSA) is 146 Å². The summed E-state index contributed by atoms with van der Waals surface area (Å²) in [5.41, 5.74) is 0.158. The molecule has 0 radical (unpaired) electrons. The predicted molar refractivity (Wildman–Crippen MR) is 151 cm³/mol. The number of ether oxygens (including phenoxy) is 1. The largest absolute Gasteiger partial charge is 0.444 e. The summed E-state index contributed by atoms with van der Waals surface area (Å²) in [4.78, 5) is 59.0. The van der Waals surface area contributed by atoms with Crippen molar-refractivity contribution >= 4 is 46.8 Å². The van der Waals surface area contributed by atoms with Crippen LogP contribution in [0.2, 0.25) is 5.02 Å². The minimum absolute atomic E-state index is 0.0196. The molecule has 4 N–H and O–H groups in total. The van der Waals surface area contributed by atoms with Gasteiger partial charge in [-0.2, -0.15) is 0 Å². The monoisotopic (exact) mass is 584 g/mol. The van der Waals surface area contributed by atoms with Crippen molar-refractivity contribution in [1.82, 2.24) is 20.2 Å². The molecule has 1 unspecified atom stereocenters. The first kappa shape index (κ1) is 29.5. The van der Waals surface area contributed by atoms with Gasteiger partial charge in [-0.05, 0) is 76.1 Å². The second-order valence-corrected chi connectivity index (χ2v) is 10.8. The second kappa shape index (κ2) is 12.4. The zero-order valence-corrected chi connectivity index (χ0v) is 23.5. The second-order valence-electron chi connectivity index (χ2n) is 10.4. The summed E-state index contributed by atoms with van der Waals surface area (Å²) in [6.07, 6.45) is 2.31. The van der Waals surface area contributed by atoms with E-state index in [1.807, 2.05) is 0 Å². The van der Waals surface area contributed by atoms with Crippen molar-refractivity contribution < 1.29 is 28.3 Å². The zero-order valence-electron chi connectivity index (χ0n) is 22.7. The number of nitrogens with one attached hydrogen (secondary N) is 4. The summed E-state index contributed by atoms with van der Waals surface area (Å²) < 4.78 is 18.7. The number of nitrogens with zero attached hydrogens (tertiary/aromatic N) is 2. The van der Waals surface area contributed by atoms with Crippen LogP contribution in [0, 0.1) is 5.82 Å². The number of imidazole rings is 1. The lowest BCUT2D eigenvalue weighted by atomic mass is 10.2. The normalized spacial score (nSPS) is 14.9. The van der Waals surface area contributed by atoms with Gasteiger partial charge in [-0.3, -0.25) is 14.4 Å². The molecule has 4 rings (SSSR count). The van der Waals surface area contributed by atoms with E-state index in [2.05, 4.69) is 25.9 Å². The number of benzene rings is 2. The average molecular weight is 585 g/mol. The standard InChI is InChI=1S/C28H30ClFN6O5/c1-28(2,3)41-27(40)36-12-4-5-19(36)14-31-25(38)22-23(33-15-32-22)26(39)35-18-9-7-17(8-10-18)34-24(37)20-11-6-16(30)13-21(20)29/h6-11,13,15,19H,4-5,12,14H2,1-3H3,(H,31,38)(H,32,33)(H,34,37)(H,35,39). The van der Waals surface area contributed by atoms with Crippen molar-refractivity contribution in [3.05, 3.63) is 76.6 Å². The van der Waals surface area contributed by atoms with E-state index in [0.717, 1.165) is 18.6 Å². The number of hydrogen-bond donors (Lipinski definition) is 4. The molecule has 1 saturated heterocycles. The van der Waals surface area contributed by atoms with Crippen molar-refractivity contribution in [2.75, 3.05) is 23.7 Å². The maximum absolute atomic E-state index is 13.2. The maximum Gasteiger partial charge on any atom is 0.410 e. The van der Waals surface area contributed by atoms with Gasteiger partial charge in [0, 0.05) is 24.5 Å². The van der Waals surface area contributed by atoms with Gasteiger partial charge in [-0.25, -0.2) is 14.2 Å². The summed E-state index contributed by atoms with van der Waals surface area (Å²) in [7, 11) is 0. The Balaban J connectivity index is 1.33. The molecule has 0 aliphatic carbocycles. The Morgan fingerprint density at radius 2 is 1.71 bits per heavy atom. The summed E-state index contributed by atoms with van der Waals surface area (Å²) in [5.74, 6) is -2.24. The van der Waals surface area contributed by atoms with E-state index in [-0.39, 0.29) is 34.6 Å². The van der Waals surface area contributed by atoms with Gasteiger partial charge in [0.25, 0.3) is 17.7 Å². The van der Waals surface area contributed by atoms with Gasteiger partial charge in [-0.1, -0.05) is 11.6 Å². The Morgan fingerprint density at radius 1 is 1.05 bits per heavy atom. The molecule has 0 spiro atoms. The molecule has 0 saturated carbocycles. The molecule has 2 aromatic carbocycles. The molecule has 1 aliphatic heterocycles. The molecule has 216 valence electrons. The molecule has 1 aromatic heterocycles. The molecule has 0 bridgehead atoms. The molecule has 1 atom stereocenters. The minimum atomic E-state index is -0.627. The van der Waals surface area contributed by atoms with Crippen LogP contribution in [0.5, 0.6) is 0 Å². The molecule has 1 fully saturated rings. The molecule has 13 heteroatoms. The van der Waals surface area contributed by atoms with Gasteiger partial charge >= 0.3 is 6.09 Å². The molecular formula is C28H30ClFN6O5. The number of likely N-dealkylation sites (tertiary alicyclic amines) is 1. The van der Waals surface area contributed by atoms with Crippen molar-refractivity contribution in [2.45, 2.75) is 45.3 Å². The highest BCUT2D eigenvalue weighted by Crippen LogP contribution is 2.22. The number of hydrogen-bond acceptors (Lipinski definition) is 6. The molecular weight excluding hydrogens is 555 g/mol. The highest BCUT2D eigenvalue weighted by molar-refractivity contribution is 6.34. The number of halogens is 2. The number of H-pyrrole nitrogens is 1. The summed E-state index contributed by atoms with van der Waals surface area (Å²) >= 11 is 5.94. The fourth-order valence-electron chi connectivity index (χ4n) is 4.25. The van der Waals surface area contributed by atoms with E-state index >= 15 is 0 Å². The van der Waals surface area contributed by atoms with Crippen LogP contribution in [0.3, 0.4) is 0 Å². The van der Waals surface area contributed by atoms with E-state index < -0.39 is 35.2 Å². The van der Waals surface area contributed by atoms with Gasteiger partial charge in [0.2, 0.25) is 0 Å². The number of carbonyl (C=O) groups excluding carboxylic acids is 4. The number of aromatic amines is 1. The average Bonchev–Trinajstić information content (AvgIpc) is 3.57. The number of carbonyl (C=O) groups is 4. The lowest BCUT2D eigenvalue weighted by molar-refractivity contribution is 0.0225. The van der Waals surface area contributed by atoms with Crippen LogP contribution in [-0.4, -0.2) is 63.4 Å². The van der Waals surface area contributed by atoms with Gasteiger partial charge in [0.05, 0.1) is 23.0 Å². The fraction of sp³-hybridized carbons (Fsp3) is 0.321. The van der Waals surface area contributed by atoms with Crippen LogP contribution in [0.25, 0.3) is 0 Å². The first-order chi connectivity index (χ1) is 19.4. The van der Waals surface area contributed by atoms with Gasteiger partial charge < -0.3 is 30.6 Å². The van der Waals surface area contributed by atoms with Crippen LogP contribution in [0.1, 0.15) is 64.9 Å². The Hall–Kier alpha value is -4.45. The summed E-state index contributed by atoms with van der Waals surface area (Å²) in [6.45, 7) is 6.11. The van der Waals surface area contributed by atoms with E-state index in [4.69, 9.17) is 16.3 Å². The fourth-order valence-corrected chi connectivity index (χ4v) is 4.50. The molecule has 11 nitrogen and oxygen atoms in total. The van der Waals surface area contributed by atoms with E-state index in [9.17, 15) is 23.6 Å². The lowest BCUT2D eigenvalue weighted by Gasteiger charge is -2.28. The van der Waals surface area contributed by atoms with E-state index in [1.165, 1.54) is 12.4 Å². The number of rotatable bonds is 7. The Labute approximate surface area is 240 Å². The van der Waals surface area contributed by atoms with Crippen LogP contribution >= 0.6 is 11.6 Å². The summed E-state index contributed by atoms with van der Waals surface area (Å²) in [6, 6.07) is 9.45. The minimum Gasteiger partial charge on any atom is -0.444 e. The SMILES string of the molecule is CC(C)(C)OC(=O)N1CCCC1CNC(=O)c1[nH]cnc1C(=O)Nc1ccc(NC(=O)c2ccc(F)cc2Cl)cc1. The highest BCUT2D eigenvalue weighted by atomic mass is 35.5. The maximum atomic E-state index is 13.2. The Kier molecular flexibility index (Phi) is 8.92. The number of anilines is 2. The molecule has 1 aliphatic rings. The third-order valence-corrected chi connectivity index (χ3v) is 6.47. The first-order valence-electron chi connectivity index (χ1n) is 12.9. The molecule has 4 amide bonds. The van der Waals surface area contributed by atoms with Crippen molar-refractivity contribution in [2.24, 2.45) is 0 Å². The third-order valence-electron chi connectivity index (χ3n) is 6.16. The van der Waals surface area contributed by atoms with E-state index in [1.54, 1.807) is 49.9 Å². The van der Waals surface area contributed by atoms with Gasteiger partial charge in [0.15, 0.2) is 5.69 Å². The Bertz CT molecular complexity index is 1450. The summed E-state index contributed by atoms with van der Waals surface area (Å²) in [5, 5.41) is 8.06. The first-order valence-corrected chi connectivity index (χ1v) is 13.3. The van der Waals surface area contributed by atoms with E-state index in [0.29, 0.717) is 24.3 Å². The molecule has 3 aromatic rings. The zero-order chi connectivity index (χ0) is 29.7. The van der Waals surface area contributed by atoms with Crippen LogP contribution in [0.15, 0.2) is 48.8 Å². The lowest BCUT2D eigenvalue weighted by Crippen LogP contribution is -2.45. The van der Waals surface area contributed by atoms with Crippen LogP contribution < -0.4 is 16.0 Å². The molecule has 2 heterocycles. The molecule has 41 heavy (non-hydrogen) atoms. The highest BCUT2D eigenvalue weighted by Gasteiger charge is 2.32. The quantitative estimate of drug-likeness (QED) is 0.313. The van der Waals surface area contributed by atoms with Crippen LogP contribution in [0.4, 0.5) is 20.6 Å². The number of aromatic nitrogens is 2. The predicted octanol–water partition coefficient (Wildman–Crippen LogP) is 4.84. The third kappa shape index (κ3) is 7.60. The van der Waals surface area contributed by atoms with Gasteiger partial charge in [0.1, 0.15) is 17.1 Å². The van der Waals surface area contributed by atoms with Crippen LogP contribution in [-0.2, 0) is 4.74 Å². The Morgan fingerprint density at radius 3 is 2.34 bits per heavy atom. The van der Waals surface area contributed by atoms with Crippen molar-refractivity contribution in [3.8, 4) is 0 Å². The number of amides is 4. The van der Waals surface area contributed by atoms with Gasteiger partial charge in [-0.15, -0.1) is 0 Å².